The van der Waals surface area contributed by atoms with Crippen molar-refractivity contribution in [3.8, 4) is 5.75 Å². The van der Waals surface area contributed by atoms with E-state index in [1.807, 2.05) is 6.07 Å². The second-order valence-corrected chi connectivity index (χ2v) is 3.70. The second kappa shape index (κ2) is 3.59. The molecule has 0 fully saturated rings. The van der Waals surface area contributed by atoms with E-state index in [2.05, 4.69) is 13.0 Å². The van der Waals surface area contributed by atoms with Crippen molar-refractivity contribution in [3.63, 3.8) is 0 Å². The molecule has 2 heteroatoms. The van der Waals surface area contributed by atoms with E-state index in [4.69, 9.17) is 16.3 Å². The minimum atomic E-state index is 0.828. The Kier molecular flexibility index (Phi) is 2.45. The van der Waals surface area contributed by atoms with Crippen LogP contribution in [0.25, 0.3) is 0 Å². The smallest absolute Gasteiger partial charge is 0.123 e. The van der Waals surface area contributed by atoms with Crippen LogP contribution in [0, 0.1) is 0 Å². The molecule has 1 heterocycles. The normalized spacial score (nSPS) is 14.9. The highest BCUT2D eigenvalue weighted by Gasteiger charge is 2.15. The number of hydrogen-bond donors (Lipinski definition) is 0. The maximum Gasteiger partial charge on any atom is 0.123 e. The van der Waals surface area contributed by atoms with Crippen LogP contribution in [0.4, 0.5) is 0 Å². The van der Waals surface area contributed by atoms with Crippen LogP contribution < -0.4 is 4.74 Å². The Morgan fingerprint density at radius 1 is 1.46 bits per heavy atom. The van der Waals surface area contributed by atoms with E-state index in [9.17, 15) is 0 Å². The van der Waals surface area contributed by atoms with Crippen LogP contribution in [0.1, 0.15) is 24.5 Å². The monoisotopic (exact) mass is 196 g/mol. The highest BCUT2D eigenvalue weighted by molar-refractivity contribution is 6.32. The number of benzene rings is 1. The zero-order valence-electron chi connectivity index (χ0n) is 7.77. The molecule has 0 saturated heterocycles. The van der Waals surface area contributed by atoms with Gasteiger partial charge in [0.15, 0.2) is 0 Å². The zero-order valence-corrected chi connectivity index (χ0v) is 8.53. The molecule has 0 amide bonds. The van der Waals surface area contributed by atoms with Crippen LogP contribution in [0.3, 0.4) is 0 Å². The summed E-state index contributed by atoms with van der Waals surface area (Å²) in [7, 11) is 0. The van der Waals surface area contributed by atoms with Crippen molar-refractivity contribution in [3.05, 3.63) is 28.3 Å². The van der Waals surface area contributed by atoms with E-state index in [-0.39, 0.29) is 0 Å². The first-order valence-electron chi connectivity index (χ1n) is 4.76. The predicted molar refractivity (Wildman–Crippen MR) is 54.6 cm³/mol. The van der Waals surface area contributed by atoms with Crippen LogP contribution in [0.15, 0.2) is 12.1 Å². The largest absolute Gasteiger partial charge is 0.493 e. The fraction of sp³-hybridized carbons (Fsp3) is 0.455. The van der Waals surface area contributed by atoms with Gasteiger partial charge < -0.3 is 4.74 Å². The van der Waals surface area contributed by atoms with Crippen LogP contribution in [0.2, 0.25) is 5.02 Å². The molecule has 1 aromatic carbocycles. The molecule has 0 spiro atoms. The van der Waals surface area contributed by atoms with Crippen LogP contribution in [0.5, 0.6) is 5.75 Å². The average Bonchev–Trinajstić information content (AvgIpc) is 2.19. The maximum atomic E-state index is 6.25. The van der Waals surface area contributed by atoms with E-state index < -0.39 is 0 Å². The summed E-state index contributed by atoms with van der Waals surface area (Å²) in [5.41, 5.74) is 2.43. The lowest BCUT2D eigenvalue weighted by atomic mass is 10.0. The summed E-state index contributed by atoms with van der Waals surface area (Å²) in [5, 5.41) is 0.916. The van der Waals surface area contributed by atoms with Crippen molar-refractivity contribution in [2.24, 2.45) is 0 Å². The van der Waals surface area contributed by atoms with Crippen molar-refractivity contribution in [2.75, 3.05) is 6.61 Å². The summed E-state index contributed by atoms with van der Waals surface area (Å²) < 4.78 is 5.52. The molecule has 1 aliphatic rings. The van der Waals surface area contributed by atoms with E-state index >= 15 is 0 Å². The average molecular weight is 197 g/mol. The molecule has 1 aliphatic heterocycles. The molecule has 0 atom stereocenters. The maximum absolute atomic E-state index is 6.25. The second-order valence-electron chi connectivity index (χ2n) is 3.32. The van der Waals surface area contributed by atoms with Gasteiger partial charge in [-0.1, -0.05) is 24.6 Å². The van der Waals surface area contributed by atoms with Gasteiger partial charge in [0.2, 0.25) is 0 Å². The standard InChI is InChI=1S/C11H13ClO/c1-2-8-5-6-10-9(11(8)12)4-3-7-13-10/h5-6H,2-4,7H2,1H3. The lowest BCUT2D eigenvalue weighted by Crippen LogP contribution is -2.09. The highest BCUT2D eigenvalue weighted by atomic mass is 35.5. The zero-order chi connectivity index (χ0) is 9.26. The van der Waals surface area contributed by atoms with Crippen molar-refractivity contribution in [2.45, 2.75) is 26.2 Å². The molecule has 70 valence electrons. The number of fused-ring (bicyclic) bond motifs is 1. The summed E-state index contributed by atoms with van der Waals surface area (Å²) in [5.74, 6) is 0.980. The van der Waals surface area contributed by atoms with Gasteiger partial charge in [0.05, 0.1) is 11.6 Å². The van der Waals surface area contributed by atoms with Gasteiger partial charge in [-0.25, -0.2) is 0 Å². The molecule has 0 aromatic heterocycles. The third kappa shape index (κ3) is 1.53. The first-order chi connectivity index (χ1) is 6.33. The summed E-state index contributed by atoms with van der Waals surface area (Å²) in [6.45, 7) is 2.95. The van der Waals surface area contributed by atoms with Crippen LogP contribution in [-0.2, 0) is 12.8 Å². The van der Waals surface area contributed by atoms with Crippen molar-refractivity contribution < 1.29 is 4.74 Å². The first kappa shape index (κ1) is 8.89. The Balaban J connectivity index is 2.48. The third-order valence-corrected chi connectivity index (χ3v) is 2.96. The van der Waals surface area contributed by atoms with Gasteiger partial charge in [0, 0.05) is 5.56 Å². The predicted octanol–water partition coefficient (Wildman–Crippen LogP) is 3.23. The summed E-state index contributed by atoms with van der Waals surface area (Å²) in [6.07, 6.45) is 3.13. The fourth-order valence-electron chi connectivity index (χ4n) is 1.72. The Morgan fingerprint density at radius 2 is 2.31 bits per heavy atom. The van der Waals surface area contributed by atoms with Gasteiger partial charge in [-0.05, 0) is 30.9 Å². The molecule has 0 bridgehead atoms. The van der Waals surface area contributed by atoms with Crippen molar-refractivity contribution in [1.29, 1.82) is 0 Å². The SMILES string of the molecule is CCc1ccc2c(c1Cl)CCCO2. The number of ether oxygens (including phenoxy) is 1. The molecule has 0 N–H and O–H groups in total. The van der Waals surface area contributed by atoms with Gasteiger partial charge in [-0.2, -0.15) is 0 Å². The highest BCUT2D eigenvalue weighted by Crippen LogP contribution is 2.33. The Morgan fingerprint density at radius 3 is 3.08 bits per heavy atom. The Hall–Kier alpha value is -0.690. The van der Waals surface area contributed by atoms with Crippen molar-refractivity contribution >= 4 is 11.6 Å². The molecule has 13 heavy (non-hydrogen) atoms. The molecule has 0 aliphatic carbocycles. The summed E-state index contributed by atoms with van der Waals surface area (Å²) in [4.78, 5) is 0. The van der Waals surface area contributed by atoms with Gasteiger partial charge in [-0.3, -0.25) is 0 Å². The number of aryl methyl sites for hydroxylation is 1. The number of hydrogen-bond acceptors (Lipinski definition) is 1. The van der Waals surface area contributed by atoms with E-state index in [1.165, 1.54) is 11.1 Å². The molecule has 2 rings (SSSR count). The quantitative estimate of drug-likeness (QED) is 0.670. The molecular weight excluding hydrogens is 184 g/mol. The lowest BCUT2D eigenvalue weighted by molar-refractivity contribution is 0.288. The van der Waals surface area contributed by atoms with Crippen LogP contribution in [-0.4, -0.2) is 6.61 Å². The molecule has 0 unspecified atom stereocenters. The first-order valence-corrected chi connectivity index (χ1v) is 5.13. The summed E-state index contributed by atoms with van der Waals surface area (Å²) in [6, 6.07) is 4.10. The van der Waals surface area contributed by atoms with E-state index in [0.717, 1.165) is 36.6 Å². The fourth-order valence-corrected chi connectivity index (χ4v) is 2.11. The van der Waals surface area contributed by atoms with Gasteiger partial charge >= 0.3 is 0 Å². The Bertz CT molecular complexity index is 320. The molecule has 1 nitrogen and oxygen atoms in total. The summed E-state index contributed by atoms with van der Waals surface area (Å²) >= 11 is 6.25. The van der Waals surface area contributed by atoms with Gasteiger partial charge in [-0.15, -0.1) is 0 Å². The minimum absolute atomic E-state index is 0.828. The van der Waals surface area contributed by atoms with Gasteiger partial charge in [0.1, 0.15) is 5.75 Å². The molecule has 0 radical (unpaired) electrons. The van der Waals surface area contributed by atoms with E-state index in [1.54, 1.807) is 0 Å². The molecular formula is C11H13ClO. The molecule has 0 saturated carbocycles. The van der Waals surface area contributed by atoms with Crippen molar-refractivity contribution in [1.82, 2.24) is 0 Å². The van der Waals surface area contributed by atoms with Crippen LogP contribution >= 0.6 is 11.6 Å². The Labute approximate surface area is 83.7 Å². The number of rotatable bonds is 1. The topological polar surface area (TPSA) is 9.23 Å². The van der Waals surface area contributed by atoms with E-state index in [0.29, 0.717) is 0 Å². The lowest BCUT2D eigenvalue weighted by Gasteiger charge is -2.19. The minimum Gasteiger partial charge on any atom is -0.493 e. The van der Waals surface area contributed by atoms with Gasteiger partial charge in [0.25, 0.3) is 0 Å². The third-order valence-electron chi connectivity index (χ3n) is 2.49. The molecule has 1 aromatic rings. The number of halogens is 1.